The van der Waals surface area contributed by atoms with E-state index in [1.807, 2.05) is 32.2 Å². The van der Waals surface area contributed by atoms with Crippen LogP contribution < -0.4 is 9.64 Å². The molecule has 0 saturated heterocycles. The molecule has 0 spiro atoms. The molecule has 0 atom stereocenters. The van der Waals surface area contributed by atoms with Gasteiger partial charge in [-0.25, -0.2) is 4.98 Å². The van der Waals surface area contributed by atoms with Crippen molar-refractivity contribution < 1.29 is 9.84 Å². The van der Waals surface area contributed by atoms with Crippen molar-refractivity contribution in [3.8, 4) is 5.75 Å². The topological polar surface area (TPSA) is 45.6 Å². The molecule has 0 aliphatic rings. The van der Waals surface area contributed by atoms with Crippen LogP contribution in [0.5, 0.6) is 5.75 Å². The Hall–Kier alpha value is -1.59. The van der Waals surface area contributed by atoms with E-state index in [1.54, 1.807) is 7.11 Å². The number of nitrogens with zero attached hydrogens (tertiary/aromatic N) is 2. The number of methoxy groups -OCH3 is 1. The minimum absolute atomic E-state index is 0.0521. The molecule has 102 valence electrons. The van der Waals surface area contributed by atoms with Crippen LogP contribution in [0.15, 0.2) is 24.3 Å². The first-order valence-electron chi connectivity index (χ1n) is 6.05. The normalized spacial score (nSPS) is 10.5. The first-order valence-corrected chi connectivity index (χ1v) is 6.87. The molecule has 19 heavy (non-hydrogen) atoms. The maximum absolute atomic E-state index is 9.21. The summed E-state index contributed by atoms with van der Waals surface area (Å²) < 4.78 is 5.22. The van der Waals surface area contributed by atoms with Gasteiger partial charge >= 0.3 is 0 Å². The molecule has 0 saturated carbocycles. The molecule has 1 N–H and O–H groups in total. The van der Waals surface area contributed by atoms with Crippen molar-refractivity contribution in [1.82, 2.24) is 4.98 Å². The Morgan fingerprint density at radius 3 is 2.84 bits per heavy atom. The summed E-state index contributed by atoms with van der Waals surface area (Å²) in [5.74, 6) is 0.859. The fraction of sp³-hybridized carbons (Fsp3) is 0.357. The van der Waals surface area contributed by atoms with Crippen molar-refractivity contribution in [2.75, 3.05) is 19.1 Å². The van der Waals surface area contributed by atoms with Gasteiger partial charge in [-0.1, -0.05) is 23.5 Å². The Balaban J connectivity index is 2.13. The smallest absolute Gasteiger partial charge is 0.185 e. The molecule has 0 fully saturated rings. The molecule has 2 rings (SSSR count). The minimum Gasteiger partial charge on any atom is -0.497 e. The van der Waals surface area contributed by atoms with E-state index in [-0.39, 0.29) is 6.61 Å². The molecule has 4 nitrogen and oxygen atoms in total. The predicted octanol–water partition coefficient (Wildman–Crippen LogP) is 2.59. The summed E-state index contributed by atoms with van der Waals surface area (Å²) in [6.45, 7) is 2.73. The third kappa shape index (κ3) is 3.24. The number of hydrogen-bond acceptors (Lipinski definition) is 5. The van der Waals surface area contributed by atoms with E-state index in [0.29, 0.717) is 0 Å². The number of rotatable bonds is 5. The zero-order valence-corrected chi connectivity index (χ0v) is 12.2. The number of aliphatic hydroxyl groups excluding tert-OH is 1. The van der Waals surface area contributed by atoms with Gasteiger partial charge < -0.3 is 14.7 Å². The quantitative estimate of drug-likeness (QED) is 0.913. The van der Waals surface area contributed by atoms with Gasteiger partial charge in [0.25, 0.3) is 0 Å². The van der Waals surface area contributed by atoms with Crippen LogP contribution >= 0.6 is 11.3 Å². The van der Waals surface area contributed by atoms with Gasteiger partial charge in [0.1, 0.15) is 5.75 Å². The summed E-state index contributed by atoms with van der Waals surface area (Å²) in [5.41, 5.74) is 2.07. The van der Waals surface area contributed by atoms with Gasteiger partial charge in [0.2, 0.25) is 0 Å². The largest absolute Gasteiger partial charge is 0.497 e. The number of hydrogen-bond donors (Lipinski definition) is 1. The summed E-state index contributed by atoms with van der Waals surface area (Å²) in [7, 11) is 3.67. The second-order valence-corrected chi connectivity index (χ2v) is 5.43. The standard InChI is InChI=1S/C14H18N2O2S/c1-10-13(9-17)19-14(15-10)16(2)8-11-5-4-6-12(7-11)18-3/h4-7,17H,8-9H2,1-3H3. The predicted molar refractivity (Wildman–Crippen MR) is 77.9 cm³/mol. The lowest BCUT2D eigenvalue weighted by Gasteiger charge is -2.16. The van der Waals surface area contributed by atoms with E-state index >= 15 is 0 Å². The van der Waals surface area contributed by atoms with Gasteiger partial charge in [-0.15, -0.1) is 0 Å². The molecule has 0 amide bonds. The van der Waals surface area contributed by atoms with Gasteiger partial charge in [0.15, 0.2) is 5.13 Å². The van der Waals surface area contributed by atoms with E-state index in [4.69, 9.17) is 4.74 Å². The van der Waals surface area contributed by atoms with Crippen molar-refractivity contribution in [1.29, 1.82) is 0 Å². The van der Waals surface area contributed by atoms with E-state index in [1.165, 1.54) is 16.9 Å². The Kier molecular flexibility index (Phi) is 4.39. The lowest BCUT2D eigenvalue weighted by Crippen LogP contribution is -2.16. The van der Waals surface area contributed by atoms with Crippen molar-refractivity contribution in [2.45, 2.75) is 20.1 Å². The van der Waals surface area contributed by atoms with Crippen LogP contribution in [0.4, 0.5) is 5.13 Å². The van der Waals surface area contributed by atoms with Crippen LogP contribution in [0.25, 0.3) is 0 Å². The number of ether oxygens (including phenoxy) is 1. The third-order valence-corrected chi connectivity index (χ3v) is 4.16. The average Bonchev–Trinajstić information content (AvgIpc) is 2.80. The van der Waals surface area contributed by atoms with Crippen LogP contribution in [0.2, 0.25) is 0 Å². The number of thiazole rings is 1. The Labute approximate surface area is 117 Å². The van der Waals surface area contributed by atoms with E-state index in [0.717, 1.165) is 28.0 Å². The van der Waals surface area contributed by atoms with E-state index in [9.17, 15) is 5.11 Å². The first-order chi connectivity index (χ1) is 9.13. The lowest BCUT2D eigenvalue weighted by molar-refractivity contribution is 0.284. The molecule has 1 heterocycles. The number of aliphatic hydroxyl groups is 1. The highest BCUT2D eigenvalue weighted by molar-refractivity contribution is 7.15. The number of aromatic nitrogens is 1. The van der Waals surface area contributed by atoms with E-state index in [2.05, 4.69) is 16.0 Å². The molecular formula is C14H18N2O2S. The Morgan fingerprint density at radius 2 is 2.21 bits per heavy atom. The van der Waals surface area contributed by atoms with E-state index < -0.39 is 0 Å². The molecule has 2 aromatic rings. The molecule has 0 unspecified atom stereocenters. The van der Waals surface area contributed by atoms with Crippen molar-refractivity contribution >= 4 is 16.5 Å². The van der Waals surface area contributed by atoms with Crippen molar-refractivity contribution in [2.24, 2.45) is 0 Å². The monoisotopic (exact) mass is 278 g/mol. The maximum atomic E-state index is 9.21. The Bertz CT molecular complexity index is 554. The highest BCUT2D eigenvalue weighted by atomic mass is 32.1. The second kappa shape index (κ2) is 6.04. The fourth-order valence-corrected chi connectivity index (χ4v) is 2.72. The van der Waals surface area contributed by atoms with Gasteiger partial charge in [0.05, 0.1) is 24.3 Å². The number of aryl methyl sites for hydroxylation is 1. The summed E-state index contributed by atoms with van der Waals surface area (Å²) in [5, 5.41) is 10.1. The van der Waals surface area contributed by atoms with Crippen molar-refractivity contribution in [3.05, 3.63) is 40.4 Å². The van der Waals surface area contributed by atoms with Crippen LogP contribution in [0.1, 0.15) is 16.1 Å². The third-order valence-electron chi connectivity index (χ3n) is 2.91. The molecule has 1 aromatic heterocycles. The summed E-state index contributed by atoms with van der Waals surface area (Å²) in [6.07, 6.45) is 0. The van der Waals surface area contributed by atoms with Gasteiger partial charge in [-0.3, -0.25) is 0 Å². The summed E-state index contributed by atoms with van der Waals surface area (Å²) >= 11 is 1.53. The number of anilines is 1. The SMILES string of the molecule is COc1cccc(CN(C)c2nc(C)c(CO)s2)c1. The average molecular weight is 278 g/mol. The molecule has 0 aliphatic heterocycles. The molecule has 5 heteroatoms. The highest BCUT2D eigenvalue weighted by Gasteiger charge is 2.11. The van der Waals surface area contributed by atoms with Crippen molar-refractivity contribution in [3.63, 3.8) is 0 Å². The van der Waals surface area contributed by atoms with Gasteiger partial charge in [-0.05, 0) is 24.6 Å². The molecule has 0 radical (unpaired) electrons. The molecule has 1 aromatic carbocycles. The van der Waals surface area contributed by atoms with Crippen LogP contribution in [-0.4, -0.2) is 24.2 Å². The van der Waals surface area contributed by atoms with Crippen LogP contribution in [0.3, 0.4) is 0 Å². The zero-order chi connectivity index (χ0) is 13.8. The Morgan fingerprint density at radius 1 is 1.42 bits per heavy atom. The van der Waals surface area contributed by atoms with Gasteiger partial charge in [-0.2, -0.15) is 0 Å². The fourth-order valence-electron chi connectivity index (χ4n) is 1.83. The zero-order valence-electron chi connectivity index (χ0n) is 11.4. The maximum Gasteiger partial charge on any atom is 0.185 e. The number of benzene rings is 1. The van der Waals surface area contributed by atoms with Crippen LogP contribution in [0, 0.1) is 6.92 Å². The second-order valence-electron chi connectivity index (χ2n) is 4.37. The highest BCUT2D eigenvalue weighted by Crippen LogP contribution is 2.26. The summed E-state index contributed by atoms with van der Waals surface area (Å²) in [6, 6.07) is 7.99. The molecule has 0 aliphatic carbocycles. The van der Waals surface area contributed by atoms with Crippen LogP contribution in [-0.2, 0) is 13.2 Å². The first kappa shape index (κ1) is 13.8. The summed E-state index contributed by atoms with van der Waals surface area (Å²) in [4.78, 5) is 7.47. The molecular weight excluding hydrogens is 260 g/mol. The van der Waals surface area contributed by atoms with Gasteiger partial charge in [0, 0.05) is 13.6 Å². The molecule has 0 bridgehead atoms. The minimum atomic E-state index is 0.0521. The lowest BCUT2D eigenvalue weighted by atomic mass is 10.2.